The van der Waals surface area contributed by atoms with Gasteiger partial charge < -0.3 is 15.0 Å². The summed E-state index contributed by atoms with van der Waals surface area (Å²) in [6.45, 7) is 1.53. The Bertz CT molecular complexity index is 1100. The van der Waals surface area contributed by atoms with E-state index in [4.69, 9.17) is 4.74 Å². The van der Waals surface area contributed by atoms with Gasteiger partial charge in [-0.15, -0.1) is 0 Å². The second kappa shape index (κ2) is 8.02. The predicted molar refractivity (Wildman–Crippen MR) is 119 cm³/mol. The number of hydrogen-bond acceptors (Lipinski definition) is 4. The van der Waals surface area contributed by atoms with E-state index in [0.717, 1.165) is 42.0 Å². The van der Waals surface area contributed by atoms with Crippen LogP contribution in [0.5, 0.6) is 5.75 Å². The van der Waals surface area contributed by atoms with Crippen LogP contribution in [0.25, 0.3) is 11.6 Å². The van der Waals surface area contributed by atoms with Crippen LogP contribution >= 0.6 is 0 Å². The smallest absolute Gasteiger partial charge is 0.246 e. The fourth-order valence-corrected chi connectivity index (χ4v) is 4.84. The second-order valence-electron chi connectivity index (χ2n) is 8.42. The largest absolute Gasteiger partial charge is 0.496 e. The SMILES string of the molecule is COc1ccccc1C1=CC2CN(C(=O)C=Cc3cnc4c(c3)CCC(=O)N4)CC2C1. The summed E-state index contributed by atoms with van der Waals surface area (Å²) in [4.78, 5) is 30.5. The average Bonchev–Trinajstić information content (AvgIpc) is 3.37. The number of amides is 2. The highest BCUT2D eigenvalue weighted by Gasteiger charge is 2.38. The molecule has 1 aromatic heterocycles. The predicted octanol–water partition coefficient (Wildman–Crippen LogP) is 3.55. The number of carbonyl (C=O) groups excluding carboxylic acids is 2. The van der Waals surface area contributed by atoms with Gasteiger partial charge in [0.25, 0.3) is 0 Å². The van der Waals surface area contributed by atoms with Gasteiger partial charge in [-0.05, 0) is 59.6 Å². The van der Waals surface area contributed by atoms with E-state index in [1.54, 1.807) is 19.4 Å². The monoisotopic (exact) mass is 415 g/mol. The van der Waals surface area contributed by atoms with Crippen LogP contribution in [0.2, 0.25) is 0 Å². The summed E-state index contributed by atoms with van der Waals surface area (Å²) in [5.41, 5.74) is 4.37. The van der Waals surface area contributed by atoms with E-state index in [9.17, 15) is 9.59 Å². The summed E-state index contributed by atoms with van der Waals surface area (Å²) in [5.74, 6) is 2.43. The number of allylic oxidation sites excluding steroid dienone is 1. The number of rotatable bonds is 4. The number of hydrogen-bond donors (Lipinski definition) is 1. The first kappa shape index (κ1) is 19.5. The number of ether oxygens (including phenoxy) is 1. The molecule has 158 valence electrons. The Morgan fingerprint density at radius 3 is 2.97 bits per heavy atom. The topological polar surface area (TPSA) is 71.5 Å². The van der Waals surface area contributed by atoms with Crippen molar-refractivity contribution < 1.29 is 14.3 Å². The molecule has 2 aliphatic heterocycles. The molecule has 0 bridgehead atoms. The van der Waals surface area contributed by atoms with Gasteiger partial charge in [0.15, 0.2) is 0 Å². The molecule has 2 atom stereocenters. The molecule has 0 spiro atoms. The normalized spacial score (nSPS) is 22.2. The number of nitrogens with zero attached hydrogens (tertiary/aromatic N) is 2. The lowest BCUT2D eigenvalue weighted by molar-refractivity contribution is -0.125. The average molecular weight is 415 g/mol. The minimum atomic E-state index is 0.000896. The number of pyridine rings is 1. The summed E-state index contributed by atoms with van der Waals surface area (Å²) < 4.78 is 5.51. The van der Waals surface area contributed by atoms with E-state index in [1.807, 2.05) is 35.2 Å². The van der Waals surface area contributed by atoms with Gasteiger partial charge in [0.05, 0.1) is 7.11 Å². The number of aromatic nitrogens is 1. The third-order valence-electron chi connectivity index (χ3n) is 6.44. The number of carbonyl (C=O) groups is 2. The van der Waals surface area contributed by atoms with Gasteiger partial charge in [0.2, 0.25) is 11.8 Å². The van der Waals surface area contributed by atoms with Crippen LogP contribution in [0, 0.1) is 11.8 Å². The molecule has 1 N–H and O–H groups in total. The molecule has 5 rings (SSSR count). The molecule has 3 aliphatic rings. The summed E-state index contributed by atoms with van der Waals surface area (Å²) in [6, 6.07) is 10.1. The molecule has 0 radical (unpaired) electrons. The maximum atomic E-state index is 12.8. The van der Waals surface area contributed by atoms with Gasteiger partial charge >= 0.3 is 0 Å². The van der Waals surface area contributed by atoms with E-state index in [0.29, 0.717) is 30.5 Å². The van der Waals surface area contributed by atoms with E-state index >= 15 is 0 Å². The third-order valence-corrected chi connectivity index (χ3v) is 6.44. The van der Waals surface area contributed by atoms with Gasteiger partial charge in [0.1, 0.15) is 11.6 Å². The molecule has 6 nitrogen and oxygen atoms in total. The van der Waals surface area contributed by atoms with E-state index in [1.165, 1.54) is 5.57 Å². The number of para-hydroxylation sites is 1. The molecule has 2 aromatic rings. The zero-order valence-corrected chi connectivity index (χ0v) is 17.5. The van der Waals surface area contributed by atoms with Crippen LogP contribution in [0.4, 0.5) is 5.82 Å². The molecule has 1 aromatic carbocycles. The maximum absolute atomic E-state index is 12.8. The molecule has 1 saturated heterocycles. The van der Waals surface area contributed by atoms with Crippen LogP contribution in [0.15, 0.2) is 48.7 Å². The Balaban J connectivity index is 1.24. The van der Waals surface area contributed by atoms with Crippen LogP contribution in [0.3, 0.4) is 0 Å². The molecule has 6 heteroatoms. The van der Waals surface area contributed by atoms with Gasteiger partial charge in [-0.2, -0.15) is 0 Å². The zero-order valence-electron chi connectivity index (χ0n) is 17.5. The number of benzene rings is 1. The quantitative estimate of drug-likeness (QED) is 0.776. The Hall–Kier alpha value is -3.41. The van der Waals surface area contributed by atoms with Crippen molar-refractivity contribution >= 4 is 29.3 Å². The van der Waals surface area contributed by atoms with Gasteiger partial charge in [-0.1, -0.05) is 24.3 Å². The van der Waals surface area contributed by atoms with Crippen molar-refractivity contribution in [2.75, 3.05) is 25.5 Å². The minimum absolute atomic E-state index is 0.000896. The van der Waals surface area contributed by atoms with Crippen LogP contribution < -0.4 is 10.1 Å². The molecule has 2 amide bonds. The highest BCUT2D eigenvalue weighted by Crippen LogP contribution is 2.43. The van der Waals surface area contributed by atoms with E-state index in [-0.39, 0.29) is 11.8 Å². The first-order valence-electron chi connectivity index (χ1n) is 10.7. The maximum Gasteiger partial charge on any atom is 0.246 e. The molecule has 0 saturated carbocycles. The summed E-state index contributed by atoms with van der Waals surface area (Å²) >= 11 is 0. The molecule has 2 unspecified atom stereocenters. The summed E-state index contributed by atoms with van der Waals surface area (Å²) in [5, 5.41) is 2.78. The summed E-state index contributed by atoms with van der Waals surface area (Å²) in [6.07, 6.45) is 9.59. The molecule has 3 heterocycles. The van der Waals surface area contributed by atoms with E-state index < -0.39 is 0 Å². The lowest BCUT2D eigenvalue weighted by atomic mass is 9.98. The highest BCUT2D eigenvalue weighted by molar-refractivity contribution is 5.94. The number of anilines is 1. The second-order valence-corrected chi connectivity index (χ2v) is 8.42. The van der Waals surface area contributed by atoms with Crippen molar-refractivity contribution in [2.45, 2.75) is 19.3 Å². The number of aryl methyl sites for hydroxylation is 1. The van der Waals surface area contributed by atoms with Crippen molar-refractivity contribution in [2.24, 2.45) is 11.8 Å². The first-order chi connectivity index (χ1) is 15.1. The van der Waals surface area contributed by atoms with Crippen LogP contribution in [0.1, 0.15) is 29.5 Å². The Labute approximate surface area is 181 Å². The zero-order chi connectivity index (χ0) is 21.4. The lowest BCUT2D eigenvalue weighted by Crippen LogP contribution is -2.27. The lowest BCUT2D eigenvalue weighted by Gasteiger charge is -2.16. The Morgan fingerprint density at radius 1 is 1.26 bits per heavy atom. The molecule has 1 aliphatic carbocycles. The summed E-state index contributed by atoms with van der Waals surface area (Å²) in [7, 11) is 1.70. The molecule has 1 fully saturated rings. The van der Waals surface area contributed by atoms with Crippen LogP contribution in [-0.4, -0.2) is 41.9 Å². The minimum Gasteiger partial charge on any atom is -0.496 e. The molecular formula is C25H25N3O3. The fraction of sp³-hybridized carbons (Fsp3) is 0.320. The standard InChI is InChI=1S/C25H25N3O3/c1-31-22-5-3-2-4-21(22)18-11-19-14-28(15-20(19)12-18)24(30)9-6-16-10-17-7-8-23(29)27-25(17)26-13-16/h2-6,9-11,13,19-20H,7-8,12,14-15H2,1H3,(H,26,27,29). The number of fused-ring (bicyclic) bond motifs is 2. The Kier molecular flexibility index (Phi) is 5.06. The van der Waals surface area contributed by atoms with Gasteiger partial charge in [-0.3, -0.25) is 9.59 Å². The highest BCUT2D eigenvalue weighted by atomic mass is 16.5. The van der Waals surface area contributed by atoms with Crippen molar-refractivity contribution in [1.29, 1.82) is 0 Å². The first-order valence-corrected chi connectivity index (χ1v) is 10.7. The van der Waals surface area contributed by atoms with Crippen molar-refractivity contribution in [3.05, 3.63) is 65.4 Å². The van der Waals surface area contributed by atoms with Crippen molar-refractivity contribution in [3.8, 4) is 5.75 Å². The van der Waals surface area contributed by atoms with Crippen molar-refractivity contribution in [3.63, 3.8) is 0 Å². The van der Waals surface area contributed by atoms with Gasteiger partial charge in [0, 0.05) is 37.3 Å². The van der Waals surface area contributed by atoms with E-state index in [2.05, 4.69) is 22.4 Å². The van der Waals surface area contributed by atoms with Gasteiger partial charge in [-0.25, -0.2) is 4.98 Å². The number of methoxy groups -OCH3 is 1. The molecular weight excluding hydrogens is 390 g/mol. The number of nitrogens with one attached hydrogen (secondary N) is 1. The molecule has 31 heavy (non-hydrogen) atoms. The van der Waals surface area contributed by atoms with Crippen molar-refractivity contribution in [1.82, 2.24) is 9.88 Å². The number of likely N-dealkylation sites (tertiary alicyclic amines) is 1. The fourth-order valence-electron chi connectivity index (χ4n) is 4.84. The third kappa shape index (κ3) is 3.85. The Morgan fingerprint density at radius 2 is 2.13 bits per heavy atom. The van der Waals surface area contributed by atoms with Crippen LogP contribution in [-0.2, 0) is 16.0 Å².